The van der Waals surface area contributed by atoms with Gasteiger partial charge in [-0.05, 0) is 69.7 Å². The second-order valence-electron chi connectivity index (χ2n) is 9.68. The number of nitriles is 1. The van der Waals surface area contributed by atoms with Crippen LogP contribution in [0.15, 0.2) is 42.9 Å². The fourth-order valence-electron chi connectivity index (χ4n) is 5.44. The van der Waals surface area contributed by atoms with Crippen molar-refractivity contribution in [3.05, 3.63) is 48.5 Å². The van der Waals surface area contributed by atoms with Gasteiger partial charge < -0.3 is 20.3 Å². The van der Waals surface area contributed by atoms with E-state index in [1.165, 1.54) is 25.7 Å². The lowest BCUT2D eigenvalue weighted by Crippen LogP contribution is -2.54. The van der Waals surface area contributed by atoms with Crippen molar-refractivity contribution in [3.63, 3.8) is 0 Å². The highest BCUT2D eigenvalue weighted by Gasteiger charge is 2.48. The van der Waals surface area contributed by atoms with Crippen LogP contribution >= 0.6 is 0 Å². The minimum atomic E-state index is 0.0939. The molecule has 0 aliphatic carbocycles. The van der Waals surface area contributed by atoms with Gasteiger partial charge >= 0.3 is 0 Å². The number of hydrogen-bond acceptors (Lipinski definition) is 7. The summed E-state index contributed by atoms with van der Waals surface area (Å²) in [6.07, 6.45) is 8.00. The third-order valence-electron chi connectivity index (χ3n) is 6.80. The number of piperidine rings is 1. The Hall–Kier alpha value is -3.44. The van der Waals surface area contributed by atoms with Crippen molar-refractivity contribution >= 4 is 5.82 Å². The van der Waals surface area contributed by atoms with Crippen molar-refractivity contribution in [2.45, 2.75) is 50.6 Å². The number of fused-ring (bicyclic) bond motifs is 2. The van der Waals surface area contributed by atoms with Crippen molar-refractivity contribution < 1.29 is 5.11 Å². The zero-order chi connectivity index (χ0) is 22.3. The van der Waals surface area contributed by atoms with Crippen LogP contribution in [0.3, 0.4) is 0 Å². The number of aromatic nitrogens is 4. The van der Waals surface area contributed by atoms with Gasteiger partial charge in [0.2, 0.25) is 0 Å². The first-order valence-corrected chi connectivity index (χ1v) is 11.0. The molecule has 3 N–H and O–H groups in total. The predicted octanol–water partition coefficient (Wildman–Crippen LogP) is 3.63. The fourth-order valence-corrected chi connectivity index (χ4v) is 5.44. The highest BCUT2D eigenvalue weighted by Crippen LogP contribution is 2.44. The van der Waals surface area contributed by atoms with Gasteiger partial charge in [-0.1, -0.05) is 0 Å². The third-order valence-corrected chi connectivity index (χ3v) is 6.80. The molecule has 0 amide bonds. The van der Waals surface area contributed by atoms with E-state index in [9.17, 15) is 5.11 Å². The van der Waals surface area contributed by atoms with Gasteiger partial charge in [-0.25, -0.2) is 4.98 Å². The van der Waals surface area contributed by atoms with Crippen LogP contribution in [0.1, 0.15) is 45.2 Å². The zero-order valence-corrected chi connectivity index (χ0v) is 18.3. The van der Waals surface area contributed by atoms with Gasteiger partial charge in [0, 0.05) is 35.4 Å². The molecular formula is C24H27N7O. The lowest BCUT2D eigenvalue weighted by Gasteiger charge is -2.42. The standard InChI is InChI=1S/C24H27N7O/c1-23-7-8-24(2,30-23)11-16(10-23)13-26-22-6-5-20(28-29-22)19-4-3-18(9-21(19)32)31-14-17(12-25)27-15-31/h3-6,9,14-16,30,32H,7-8,10-11,13H2,1-2H3,(H,26,29). The van der Waals surface area contributed by atoms with Crippen LogP contribution < -0.4 is 10.6 Å². The summed E-state index contributed by atoms with van der Waals surface area (Å²) in [6.45, 7) is 5.56. The maximum Gasteiger partial charge on any atom is 0.158 e. The molecular weight excluding hydrogens is 402 g/mol. The van der Waals surface area contributed by atoms with Crippen LogP contribution in [0, 0.1) is 17.2 Å². The Labute approximate surface area is 187 Å². The molecule has 0 radical (unpaired) electrons. The Morgan fingerprint density at radius 3 is 2.59 bits per heavy atom. The highest BCUT2D eigenvalue weighted by molar-refractivity contribution is 5.69. The van der Waals surface area contributed by atoms with Crippen molar-refractivity contribution in [3.8, 4) is 28.8 Å². The average molecular weight is 430 g/mol. The maximum atomic E-state index is 10.5. The zero-order valence-electron chi connectivity index (χ0n) is 18.3. The molecule has 2 atom stereocenters. The molecule has 2 aromatic heterocycles. The van der Waals surface area contributed by atoms with E-state index in [0.29, 0.717) is 28.6 Å². The SMILES string of the molecule is CC12CCC(C)(CC(CNc3ccc(-c4ccc(-n5cnc(C#N)c5)cc4O)nn3)C1)N2. The largest absolute Gasteiger partial charge is 0.507 e. The summed E-state index contributed by atoms with van der Waals surface area (Å²) in [5.41, 5.74) is 2.75. The van der Waals surface area contributed by atoms with Crippen LogP contribution in [0.25, 0.3) is 16.9 Å². The average Bonchev–Trinajstić information content (AvgIpc) is 3.34. The first-order chi connectivity index (χ1) is 15.3. The summed E-state index contributed by atoms with van der Waals surface area (Å²) in [5.74, 6) is 1.45. The molecule has 2 fully saturated rings. The molecule has 4 heterocycles. The minimum absolute atomic E-state index is 0.0939. The molecule has 2 saturated heterocycles. The lowest BCUT2D eigenvalue weighted by molar-refractivity contribution is 0.178. The number of phenols is 1. The van der Waals surface area contributed by atoms with E-state index in [0.717, 1.165) is 12.4 Å². The summed E-state index contributed by atoms with van der Waals surface area (Å²) >= 11 is 0. The van der Waals surface area contributed by atoms with Crippen LogP contribution in [0.5, 0.6) is 5.75 Å². The summed E-state index contributed by atoms with van der Waals surface area (Å²) in [6, 6.07) is 11.0. The van der Waals surface area contributed by atoms with Gasteiger partial charge in [0.1, 0.15) is 24.0 Å². The van der Waals surface area contributed by atoms with E-state index in [1.807, 2.05) is 24.3 Å². The van der Waals surface area contributed by atoms with Gasteiger partial charge in [0.05, 0.1) is 11.4 Å². The first kappa shape index (κ1) is 20.5. The number of hydrogen-bond donors (Lipinski definition) is 3. The summed E-state index contributed by atoms with van der Waals surface area (Å²) < 4.78 is 1.69. The number of aromatic hydroxyl groups is 1. The number of phenolic OH excluding ortho intramolecular Hbond substituents is 1. The Morgan fingerprint density at radius 1 is 1.19 bits per heavy atom. The van der Waals surface area contributed by atoms with E-state index >= 15 is 0 Å². The maximum absolute atomic E-state index is 10.5. The van der Waals surface area contributed by atoms with E-state index in [2.05, 4.69) is 39.7 Å². The number of anilines is 1. The number of imidazole rings is 1. The first-order valence-electron chi connectivity index (χ1n) is 11.0. The molecule has 3 aromatic rings. The van der Waals surface area contributed by atoms with Gasteiger partial charge in [0.15, 0.2) is 5.69 Å². The minimum Gasteiger partial charge on any atom is -0.507 e. The van der Waals surface area contributed by atoms with Gasteiger partial charge in [0.25, 0.3) is 0 Å². The van der Waals surface area contributed by atoms with Crippen molar-refractivity contribution in [1.29, 1.82) is 5.26 Å². The summed E-state index contributed by atoms with van der Waals surface area (Å²) in [5, 5.41) is 35.4. The molecule has 164 valence electrons. The Balaban J connectivity index is 1.25. The van der Waals surface area contributed by atoms with Crippen LogP contribution in [-0.4, -0.2) is 42.5 Å². The third kappa shape index (κ3) is 3.92. The Morgan fingerprint density at radius 2 is 1.97 bits per heavy atom. The van der Waals surface area contributed by atoms with Gasteiger partial charge in [-0.15, -0.1) is 10.2 Å². The normalized spacial score (nSPS) is 26.6. The molecule has 8 heteroatoms. The number of rotatable bonds is 5. The van der Waals surface area contributed by atoms with E-state index in [4.69, 9.17) is 5.26 Å². The van der Waals surface area contributed by atoms with Crippen molar-refractivity contribution in [2.75, 3.05) is 11.9 Å². The molecule has 8 nitrogen and oxygen atoms in total. The number of nitrogens with one attached hydrogen (secondary N) is 2. The molecule has 5 rings (SSSR count). The van der Waals surface area contributed by atoms with Crippen molar-refractivity contribution in [1.82, 2.24) is 25.1 Å². The number of benzene rings is 1. The monoisotopic (exact) mass is 429 g/mol. The summed E-state index contributed by atoms with van der Waals surface area (Å²) in [4.78, 5) is 3.99. The summed E-state index contributed by atoms with van der Waals surface area (Å²) in [7, 11) is 0. The topological polar surface area (TPSA) is 112 Å². The molecule has 1 aromatic carbocycles. The van der Waals surface area contributed by atoms with E-state index in [-0.39, 0.29) is 16.8 Å². The smallest absolute Gasteiger partial charge is 0.158 e. The second-order valence-corrected chi connectivity index (χ2v) is 9.68. The van der Waals surface area contributed by atoms with Crippen LogP contribution in [0.4, 0.5) is 5.82 Å². The molecule has 32 heavy (non-hydrogen) atoms. The molecule has 2 aliphatic heterocycles. The van der Waals surface area contributed by atoms with E-state index < -0.39 is 0 Å². The van der Waals surface area contributed by atoms with Gasteiger partial charge in [-0.3, -0.25) is 0 Å². The molecule has 0 saturated carbocycles. The molecule has 2 aliphatic rings. The predicted molar refractivity (Wildman–Crippen MR) is 121 cm³/mol. The molecule has 2 bridgehead atoms. The Kier molecular flexibility index (Phi) is 4.86. The number of nitrogens with zero attached hydrogens (tertiary/aromatic N) is 5. The Bertz CT molecular complexity index is 1160. The molecule has 0 spiro atoms. The van der Waals surface area contributed by atoms with Gasteiger partial charge in [-0.2, -0.15) is 5.26 Å². The van der Waals surface area contributed by atoms with Crippen LogP contribution in [0.2, 0.25) is 0 Å². The highest BCUT2D eigenvalue weighted by atomic mass is 16.3. The fraction of sp³-hybridized carbons (Fsp3) is 0.417. The van der Waals surface area contributed by atoms with Crippen LogP contribution in [-0.2, 0) is 0 Å². The second kappa shape index (κ2) is 7.61. The molecule has 2 unspecified atom stereocenters. The van der Waals surface area contributed by atoms with Crippen molar-refractivity contribution in [2.24, 2.45) is 5.92 Å². The van der Waals surface area contributed by atoms with E-state index in [1.54, 1.807) is 29.2 Å². The quantitative estimate of drug-likeness (QED) is 0.568. The lowest BCUT2D eigenvalue weighted by atomic mass is 9.80.